The van der Waals surface area contributed by atoms with Crippen LogP contribution in [-0.4, -0.2) is 17.0 Å². The molecule has 2 aromatic heterocycles. The molecule has 0 saturated carbocycles. The summed E-state index contributed by atoms with van der Waals surface area (Å²) in [5, 5.41) is 3.28. The van der Waals surface area contributed by atoms with Crippen LogP contribution in [0.1, 0.15) is 17.2 Å². The van der Waals surface area contributed by atoms with Gasteiger partial charge in [0, 0.05) is 41.0 Å². The molecule has 1 unspecified atom stereocenters. The van der Waals surface area contributed by atoms with Crippen molar-refractivity contribution < 1.29 is 0 Å². The van der Waals surface area contributed by atoms with Crippen LogP contribution < -0.4 is 11.1 Å². The first kappa shape index (κ1) is 13.0. The third kappa shape index (κ3) is 3.05. The lowest BCUT2D eigenvalue weighted by molar-refractivity contribution is 0.589. The lowest BCUT2D eigenvalue weighted by Gasteiger charge is -2.17. The van der Waals surface area contributed by atoms with Crippen LogP contribution in [0.3, 0.4) is 0 Å². The molecule has 3 N–H and O–H groups in total. The molecule has 0 radical (unpaired) electrons. The van der Waals surface area contributed by atoms with Crippen molar-refractivity contribution in [2.24, 2.45) is 0 Å². The Morgan fingerprint density at radius 3 is 2.83 bits per heavy atom. The van der Waals surface area contributed by atoms with Gasteiger partial charge in [0.15, 0.2) is 0 Å². The summed E-state index contributed by atoms with van der Waals surface area (Å²) in [7, 11) is 1.93. The molecule has 0 aliphatic rings. The number of rotatable bonds is 4. The van der Waals surface area contributed by atoms with Gasteiger partial charge in [-0.2, -0.15) is 0 Å². The van der Waals surface area contributed by atoms with Crippen molar-refractivity contribution in [1.29, 1.82) is 0 Å². The zero-order valence-corrected chi connectivity index (χ0v) is 11.7. The minimum Gasteiger partial charge on any atom is -0.398 e. The van der Waals surface area contributed by atoms with Crippen molar-refractivity contribution in [3.8, 4) is 0 Å². The van der Waals surface area contributed by atoms with Gasteiger partial charge in [-0.3, -0.25) is 9.97 Å². The molecule has 0 aromatic carbocycles. The largest absolute Gasteiger partial charge is 0.398 e. The van der Waals surface area contributed by atoms with Crippen molar-refractivity contribution in [2.45, 2.75) is 12.5 Å². The van der Waals surface area contributed by atoms with Crippen LogP contribution in [0.15, 0.2) is 41.4 Å². The normalized spacial score (nSPS) is 12.3. The molecule has 0 fully saturated rings. The minimum absolute atomic E-state index is 0.168. The van der Waals surface area contributed by atoms with Crippen LogP contribution in [0, 0.1) is 0 Å². The number of anilines is 1. The Hall–Kier alpha value is -1.46. The molecular weight excluding hydrogens is 292 g/mol. The number of halogens is 1. The van der Waals surface area contributed by atoms with Gasteiger partial charge < -0.3 is 11.1 Å². The van der Waals surface area contributed by atoms with E-state index in [9.17, 15) is 0 Å². The molecule has 18 heavy (non-hydrogen) atoms. The Balaban J connectivity index is 2.23. The average Bonchev–Trinajstić information content (AvgIpc) is 2.38. The summed E-state index contributed by atoms with van der Waals surface area (Å²) in [4.78, 5) is 8.29. The summed E-state index contributed by atoms with van der Waals surface area (Å²) in [6.45, 7) is 0. The fourth-order valence-corrected chi connectivity index (χ4v) is 2.22. The first-order valence-electron chi connectivity index (χ1n) is 5.66. The van der Waals surface area contributed by atoms with Crippen molar-refractivity contribution in [2.75, 3.05) is 12.8 Å². The quantitative estimate of drug-likeness (QED) is 0.910. The van der Waals surface area contributed by atoms with Gasteiger partial charge in [0.1, 0.15) is 0 Å². The first-order chi connectivity index (χ1) is 8.70. The van der Waals surface area contributed by atoms with Crippen LogP contribution in [0.25, 0.3) is 0 Å². The van der Waals surface area contributed by atoms with Crippen LogP contribution in [0.4, 0.5) is 5.69 Å². The molecular formula is C13H15BrN4. The molecule has 0 saturated heterocycles. The Morgan fingerprint density at radius 2 is 2.17 bits per heavy atom. The van der Waals surface area contributed by atoms with Crippen molar-refractivity contribution >= 4 is 21.6 Å². The van der Waals surface area contributed by atoms with E-state index in [2.05, 4.69) is 37.3 Å². The summed E-state index contributed by atoms with van der Waals surface area (Å²) < 4.78 is 0.972. The molecule has 2 aromatic rings. The van der Waals surface area contributed by atoms with Gasteiger partial charge in [-0.1, -0.05) is 0 Å². The van der Waals surface area contributed by atoms with Gasteiger partial charge in [0.2, 0.25) is 0 Å². The summed E-state index contributed by atoms with van der Waals surface area (Å²) in [5.41, 5.74) is 8.87. The summed E-state index contributed by atoms with van der Waals surface area (Å²) in [6, 6.07) is 4.04. The molecule has 0 aliphatic heterocycles. The van der Waals surface area contributed by atoms with Gasteiger partial charge in [-0.15, -0.1) is 0 Å². The maximum atomic E-state index is 5.94. The van der Waals surface area contributed by atoms with E-state index in [1.807, 2.05) is 25.5 Å². The number of hydrogen-bond acceptors (Lipinski definition) is 4. The molecule has 4 nitrogen and oxygen atoms in total. The van der Waals surface area contributed by atoms with Crippen molar-refractivity contribution in [3.63, 3.8) is 0 Å². The molecule has 0 amide bonds. The van der Waals surface area contributed by atoms with Gasteiger partial charge in [0.05, 0.1) is 0 Å². The lowest BCUT2D eigenvalue weighted by Crippen LogP contribution is -2.19. The summed E-state index contributed by atoms with van der Waals surface area (Å²) in [5.74, 6) is 0. The number of nitrogens with zero attached hydrogens (tertiary/aromatic N) is 2. The van der Waals surface area contributed by atoms with Gasteiger partial charge >= 0.3 is 0 Å². The molecule has 5 heteroatoms. The predicted molar refractivity (Wildman–Crippen MR) is 76.1 cm³/mol. The zero-order valence-electron chi connectivity index (χ0n) is 10.1. The summed E-state index contributed by atoms with van der Waals surface area (Å²) >= 11 is 3.43. The van der Waals surface area contributed by atoms with E-state index in [1.165, 1.54) is 0 Å². The number of likely N-dealkylation sites (N-methyl/N-ethyl adjacent to an activating group) is 1. The maximum absolute atomic E-state index is 5.94. The Labute approximate surface area is 115 Å². The molecule has 0 spiro atoms. The highest BCUT2D eigenvalue weighted by molar-refractivity contribution is 9.10. The first-order valence-corrected chi connectivity index (χ1v) is 6.46. The van der Waals surface area contributed by atoms with Crippen molar-refractivity contribution in [1.82, 2.24) is 15.3 Å². The zero-order chi connectivity index (χ0) is 13.0. The number of nitrogens with one attached hydrogen (secondary N) is 1. The van der Waals surface area contributed by atoms with Crippen LogP contribution in [0.5, 0.6) is 0 Å². The van der Waals surface area contributed by atoms with E-state index in [0.29, 0.717) is 0 Å². The predicted octanol–water partition coefficient (Wildman–Crippen LogP) is 2.32. The number of nitrogens with two attached hydrogens (primary N) is 1. The number of pyridine rings is 2. The number of nitrogen functional groups attached to an aromatic ring is 1. The van der Waals surface area contributed by atoms with E-state index < -0.39 is 0 Å². The number of hydrogen-bond donors (Lipinski definition) is 2. The topological polar surface area (TPSA) is 63.8 Å². The van der Waals surface area contributed by atoms with E-state index in [-0.39, 0.29) is 6.04 Å². The monoisotopic (exact) mass is 306 g/mol. The third-order valence-electron chi connectivity index (χ3n) is 2.84. The smallest absolute Gasteiger partial charge is 0.0410 e. The second kappa shape index (κ2) is 5.93. The van der Waals surface area contributed by atoms with E-state index in [0.717, 1.165) is 27.7 Å². The van der Waals surface area contributed by atoms with Crippen molar-refractivity contribution in [3.05, 3.63) is 52.5 Å². The maximum Gasteiger partial charge on any atom is 0.0410 e. The van der Waals surface area contributed by atoms with E-state index in [4.69, 9.17) is 5.73 Å². The van der Waals surface area contributed by atoms with E-state index >= 15 is 0 Å². The molecule has 2 rings (SSSR count). The Morgan fingerprint density at radius 1 is 1.33 bits per heavy atom. The molecule has 1 atom stereocenters. The Bertz CT molecular complexity index is 530. The Kier molecular flexibility index (Phi) is 4.28. The van der Waals surface area contributed by atoms with E-state index in [1.54, 1.807) is 12.4 Å². The lowest BCUT2D eigenvalue weighted by atomic mass is 10.0. The standard InChI is InChI=1S/C13H15BrN4/c1-16-13(10-4-11(14)8-18-7-10)5-9-6-17-3-2-12(9)15/h2-4,6-8,13,16H,5H2,1H3,(H2,15,17). The fourth-order valence-electron chi connectivity index (χ4n) is 1.83. The molecule has 0 aliphatic carbocycles. The summed E-state index contributed by atoms with van der Waals surface area (Å²) in [6.07, 6.45) is 7.93. The average molecular weight is 307 g/mol. The highest BCUT2D eigenvalue weighted by Gasteiger charge is 2.12. The molecule has 0 bridgehead atoms. The third-order valence-corrected chi connectivity index (χ3v) is 3.28. The van der Waals surface area contributed by atoms with Gasteiger partial charge in [-0.05, 0) is 52.7 Å². The highest BCUT2D eigenvalue weighted by atomic mass is 79.9. The second-order valence-corrected chi connectivity index (χ2v) is 4.97. The second-order valence-electron chi connectivity index (χ2n) is 4.06. The SMILES string of the molecule is CNC(Cc1cnccc1N)c1cncc(Br)c1. The highest BCUT2D eigenvalue weighted by Crippen LogP contribution is 2.22. The fraction of sp³-hybridized carbons (Fsp3) is 0.231. The van der Waals surface area contributed by atoms with Gasteiger partial charge in [0.25, 0.3) is 0 Å². The van der Waals surface area contributed by atoms with Crippen LogP contribution in [-0.2, 0) is 6.42 Å². The van der Waals surface area contributed by atoms with Crippen LogP contribution >= 0.6 is 15.9 Å². The minimum atomic E-state index is 0.168. The number of aromatic nitrogens is 2. The molecule has 94 valence electrons. The molecule has 2 heterocycles. The van der Waals surface area contributed by atoms with Crippen LogP contribution in [0.2, 0.25) is 0 Å². The van der Waals surface area contributed by atoms with Gasteiger partial charge in [-0.25, -0.2) is 0 Å².